The van der Waals surface area contributed by atoms with E-state index >= 15 is 4.39 Å². The summed E-state index contributed by atoms with van der Waals surface area (Å²) in [4.78, 5) is 18.6. The second-order valence-corrected chi connectivity index (χ2v) is 13.7. The predicted molar refractivity (Wildman–Crippen MR) is 154 cm³/mol. The molecule has 0 amide bonds. The van der Waals surface area contributed by atoms with Gasteiger partial charge in [0.25, 0.3) is 0 Å². The minimum atomic E-state index is -0.858. The molecule has 2 N–H and O–H groups in total. The standard InChI is InChI=1S/C32H36F2N6O2/c33-19-12-32(5-1-9-40(32)14-19)17-42-30-37-28-24(29(38-30)39-15-20-2-3-21(16-39)36-20)13-35-27(26(28)34)23-11-22(41)10-18-4-6-31(7-8-31)25(18)23/h10-11,13,19-21,36,41H,1-9,12,14-17H2/t19-,20-,21+,32+/m1/s1. The summed E-state index contributed by atoms with van der Waals surface area (Å²) in [6.45, 7) is 3.14. The number of aryl methyl sites for hydroxylation is 1. The number of alkyl halides is 1. The largest absolute Gasteiger partial charge is 0.508 e. The van der Waals surface area contributed by atoms with Gasteiger partial charge in [-0.15, -0.1) is 0 Å². The Bertz CT molecular complexity index is 1600. The van der Waals surface area contributed by atoms with Gasteiger partial charge in [-0.2, -0.15) is 9.97 Å². The smallest absolute Gasteiger partial charge is 0.319 e. The van der Waals surface area contributed by atoms with Crippen molar-refractivity contribution in [3.63, 3.8) is 0 Å². The number of piperazine rings is 1. The molecule has 0 radical (unpaired) electrons. The summed E-state index contributed by atoms with van der Waals surface area (Å²) in [6, 6.07) is 4.35. The van der Waals surface area contributed by atoms with E-state index in [4.69, 9.17) is 9.72 Å². The molecule has 1 spiro atoms. The Kier molecular flexibility index (Phi) is 5.41. The highest BCUT2D eigenvalue weighted by Crippen LogP contribution is 2.60. The highest BCUT2D eigenvalue weighted by atomic mass is 19.1. The Balaban J connectivity index is 1.16. The minimum Gasteiger partial charge on any atom is -0.508 e. The van der Waals surface area contributed by atoms with Crippen molar-refractivity contribution >= 4 is 16.7 Å². The topological polar surface area (TPSA) is 86.6 Å². The summed E-state index contributed by atoms with van der Waals surface area (Å²) < 4.78 is 37.5. The molecule has 4 atom stereocenters. The van der Waals surface area contributed by atoms with Crippen molar-refractivity contribution in [2.24, 2.45) is 0 Å². The molecule has 2 bridgehead atoms. The lowest BCUT2D eigenvalue weighted by molar-refractivity contribution is 0.107. The van der Waals surface area contributed by atoms with Gasteiger partial charge in [0.05, 0.1) is 10.9 Å². The number of rotatable bonds is 5. The lowest BCUT2D eigenvalue weighted by Gasteiger charge is -2.34. The number of nitrogens with one attached hydrogen (secondary N) is 1. The van der Waals surface area contributed by atoms with Crippen molar-refractivity contribution < 1.29 is 18.6 Å². The van der Waals surface area contributed by atoms with E-state index in [2.05, 4.69) is 25.1 Å². The zero-order chi connectivity index (χ0) is 28.2. The molecular weight excluding hydrogens is 538 g/mol. The minimum absolute atomic E-state index is 0.0780. The van der Waals surface area contributed by atoms with Gasteiger partial charge in [0.1, 0.15) is 35.6 Å². The van der Waals surface area contributed by atoms with Gasteiger partial charge < -0.3 is 20.1 Å². The molecule has 220 valence electrons. The highest BCUT2D eigenvalue weighted by molar-refractivity contribution is 5.92. The number of fused-ring (bicyclic) bond motifs is 6. The lowest BCUT2D eigenvalue weighted by Crippen LogP contribution is -2.51. The number of halogens is 2. The number of hydrogen-bond acceptors (Lipinski definition) is 8. The van der Waals surface area contributed by atoms with Crippen LogP contribution in [0.3, 0.4) is 0 Å². The van der Waals surface area contributed by atoms with E-state index in [9.17, 15) is 9.50 Å². The van der Waals surface area contributed by atoms with E-state index in [1.54, 1.807) is 12.3 Å². The molecule has 6 heterocycles. The van der Waals surface area contributed by atoms with Crippen LogP contribution in [0.4, 0.5) is 14.6 Å². The van der Waals surface area contributed by atoms with Gasteiger partial charge >= 0.3 is 6.01 Å². The molecular formula is C32H36F2N6O2. The van der Waals surface area contributed by atoms with Gasteiger partial charge in [-0.3, -0.25) is 9.88 Å². The zero-order valence-electron chi connectivity index (χ0n) is 23.7. The molecule has 10 heteroatoms. The number of aromatic nitrogens is 3. The Morgan fingerprint density at radius 3 is 2.71 bits per heavy atom. The number of hydrogen-bond donors (Lipinski definition) is 2. The van der Waals surface area contributed by atoms with Crippen LogP contribution in [-0.2, 0) is 11.8 Å². The van der Waals surface area contributed by atoms with Crippen LogP contribution in [0.2, 0.25) is 0 Å². The maximum atomic E-state index is 16.7. The molecule has 8 nitrogen and oxygen atoms in total. The Hall–Kier alpha value is -3.11. The van der Waals surface area contributed by atoms with Crippen LogP contribution in [0.25, 0.3) is 22.2 Å². The van der Waals surface area contributed by atoms with E-state index < -0.39 is 12.0 Å². The lowest BCUT2D eigenvalue weighted by atomic mass is 9.90. The van der Waals surface area contributed by atoms with Gasteiger partial charge in [-0.1, -0.05) is 0 Å². The Labute approximate surface area is 243 Å². The average molecular weight is 575 g/mol. The summed E-state index contributed by atoms with van der Waals surface area (Å²) in [5.74, 6) is 0.260. The van der Waals surface area contributed by atoms with Crippen molar-refractivity contribution in [2.45, 2.75) is 87.0 Å². The maximum absolute atomic E-state index is 16.7. The monoisotopic (exact) mass is 574 g/mol. The first-order chi connectivity index (χ1) is 20.4. The number of nitrogens with zero attached hydrogens (tertiary/aromatic N) is 5. The summed E-state index contributed by atoms with van der Waals surface area (Å²) in [6.07, 6.45) is 9.48. The van der Waals surface area contributed by atoms with E-state index in [1.807, 2.05) is 6.07 Å². The van der Waals surface area contributed by atoms with Crippen LogP contribution in [0.1, 0.15) is 62.5 Å². The molecule has 5 fully saturated rings. The van der Waals surface area contributed by atoms with Crippen LogP contribution < -0.4 is 15.0 Å². The van der Waals surface area contributed by atoms with E-state index in [0.717, 1.165) is 82.1 Å². The maximum Gasteiger partial charge on any atom is 0.319 e. The van der Waals surface area contributed by atoms with Crippen molar-refractivity contribution in [1.29, 1.82) is 0 Å². The van der Waals surface area contributed by atoms with Gasteiger partial charge in [-0.05, 0) is 86.6 Å². The Morgan fingerprint density at radius 1 is 1.07 bits per heavy atom. The third-order valence-electron chi connectivity index (χ3n) is 11.1. The first-order valence-electron chi connectivity index (χ1n) is 15.7. The first kappa shape index (κ1) is 25.4. The van der Waals surface area contributed by atoms with Crippen molar-refractivity contribution in [3.05, 3.63) is 35.3 Å². The average Bonchev–Trinajstić information content (AvgIpc) is 3.16. The molecule has 2 aromatic heterocycles. The Morgan fingerprint density at radius 2 is 1.90 bits per heavy atom. The fourth-order valence-electron chi connectivity index (χ4n) is 8.98. The molecule has 42 heavy (non-hydrogen) atoms. The number of phenolic OH excluding ortho intramolecular Hbond substituents is 1. The van der Waals surface area contributed by atoms with E-state index in [-0.39, 0.29) is 40.5 Å². The molecule has 4 aliphatic heterocycles. The second kappa shape index (κ2) is 8.95. The van der Waals surface area contributed by atoms with Gasteiger partial charge in [0, 0.05) is 49.9 Å². The first-order valence-corrected chi connectivity index (χ1v) is 15.7. The number of phenols is 1. The van der Waals surface area contributed by atoms with E-state index in [0.29, 0.717) is 41.8 Å². The molecule has 1 aromatic carbocycles. The summed E-state index contributed by atoms with van der Waals surface area (Å²) in [5, 5.41) is 14.8. The number of benzene rings is 1. The van der Waals surface area contributed by atoms with Crippen LogP contribution in [-0.4, -0.2) is 81.5 Å². The summed E-state index contributed by atoms with van der Waals surface area (Å²) in [5.41, 5.74) is 3.02. The highest BCUT2D eigenvalue weighted by Gasteiger charge is 2.51. The zero-order valence-corrected chi connectivity index (χ0v) is 23.7. The molecule has 9 rings (SSSR count). The summed E-state index contributed by atoms with van der Waals surface area (Å²) >= 11 is 0. The van der Waals surface area contributed by atoms with Crippen molar-refractivity contribution in [3.8, 4) is 23.0 Å². The molecule has 1 saturated carbocycles. The molecule has 2 aliphatic carbocycles. The molecule has 3 aromatic rings. The number of ether oxygens (including phenoxy) is 1. The fraction of sp³-hybridized carbons (Fsp3) is 0.594. The van der Waals surface area contributed by atoms with E-state index in [1.165, 1.54) is 0 Å². The third-order valence-corrected chi connectivity index (χ3v) is 11.1. The SMILES string of the molecule is Oc1cc2c(c(-c3ncc4c(N5C[C@H]6CC[C@@H](C5)N6)nc(OC[C@@]56CCCN5C[C@H](F)C6)nc4c3F)c1)C1(CC2)CC1. The van der Waals surface area contributed by atoms with Crippen LogP contribution in [0.15, 0.2) is 18.3 Å². The number of aromatic hydroxyl groups is 1. The van der Waals surface area contributed by atoms with Gasteiger partial charge in [-0.25, -0.2) is 8.78 Å². The van der Waals surface area contributed by atoms with Gasteiger partial charge in [0.2, 0.25) is 0 Å². The van der Waals surface area contributed by atoms with Gasteiger partial charge in [0.15, 0.2) is 5.82 Å². The van der Waals surface area contributed by atoms with Crippen molar-refractivity contribution in [2.75, 3.05) is 37.7 Å². The fourth-order valence-corrected chi connectivity index (χ4v) is 8.98. The molecule has 0 unspecified atom stereocenters. The third kappa shape index (κ3) is 3.80. The number of anilines is 1. The number of pyridine rings is 1. The summed E-state index contributed by atoms with van der Waals surface area (Å²) in [7, 11) is 0. The van der Waals surface area contributed by atoms with Crippen molar-refractivity contribution in [1.82, 2.24) is 25.2 Å². The second-order valence-electron chi connectivity index (χ2n) is 13.7. The molecule has 4 saturated heterocycles. The molecule has 6 aliphatic rings. The normalized spacial score (nSPS) is 30.8. The van der Waals surface area contributed by atoms with Crippen LogP contribution in [0.5, 0.6) is 11.8 Å². The quantitative estimate of drug-likeness (QED) is 0.464. The predicted octanol–water partition coefficient (Wildman–Crippen LogP) is 4.41. The van der Waals surface area contributed by atoms with Crippen LogP contribution >= 0.6 is 0 Å². The van der Waals surface area contributed by atoms with Crippen LogP contribution in [0, 0.1) is 5.82 Å².